The second-order valence-corrected chi connectivity index (χ2v) is 6.78. The predicted molar refractivity (Wildman–Crippen MR) is 89.2 cm³/mol. The first-order valence-corrected chi connectivity index (χ1v) is 9.08. The van der Waals surface area contributed by atoms with Crippen molar-refractivity contribution in [2.45, 2.75) is 97.2 Å². The molecule has 0 saturated carbocycles. The molecular formula is C18H35O5. The molecule has 0 aliphatic carbocycles. The number of hydrogen-bond acceptors (Lipinski definition) is 4. The number of aliphatic hydroxyl groups excluding tert-OH is 1. The summed E-state index contributed by atoms with van der Waals surface area (Å²) in [5, 5.41) is 20.7. The highest BCUT2D eigenvalue weighted by molar-refractivity contribution is 5.79. The lowest BCUT2D eigenvalue weighted by molar-refractivity contribution is -0.369. The van der Waals surface area contributed by atoms with Gasteiger partial charge in [0.15, 0.2) is 0 Å². The second-order valence-electron chi connectivity index (χ2n) is 6.78. The van der Waals surface area contributed by atoms with Crippen LogP contribution in [0.5, 0.6) is 0 Å². The molecular weight excluding hydrogens is 296 g/mol. The topological polar surface area (TPSA) is 75.7 Å². The molecule has 23 heavy (non-hydrogen) atoms. The Morgan fingerprint density at radius 2 is 1.65 bits per heavy atom. The van der Waals surface area contributed by atoms with Crippen molar-refractivity contribution in [2.24, 2.45) is 5.92 Å². The Balaban J connectivity index is 4.64. The van der Waals surface area contributed by atoms with Crippen LogP contribution in [0.4, 0.5) is 0 Å². The first kappa shape index (κ1) is 22.4. The van der Waals surface area contributed by atoms with Crippen LogP contribution in [0.15, 0.2) is 0 Å². The third-order valence-electron chi connectivity index (χ3n) is 4.14. The van der Waals surface area contributed by atoms with Crippen molar-refractivity contribution < 1.29 is 24.8 Å². The fourth-order valence-corrected chi connectivity index (χ4v) is 2.75. The van der Waals surface area contributed by atoms with Gasteiger partial charge in [0.2, 0.25) is 5.60 Å². The number of unbranched alkanes of at least 4 members (excludes halogenated alkanes) is 4. The van der Waals surface area contributed by atoms with Crippen molar-refractivity contribution in [1.29, 1.82) is 0 Å². The summed E-state index contributed by atoms with van der Waals surface area (Å²) in [6.45, 7) is 7.95. The van der Waals surface area contributed by atoms with Gasteiger partial charge in [-0.25, -0.2) is 4.79 Å². The molecule has 0 aliphatic heterocycles. The van der Waals surface area contributed by atoms with Crippen LogP contribution in [-0.2, 0) is 19.7 Å². The maximum Gasteiger partial charge on any atom is 0.341 e. The minimum absolute atomic E-state index is 0.0505. The molecule has 3 atom stereocenters. The highest BCUT2D eigenvalue weighted by Crippen LogP contribution is 2.28. The molecule has 1 N–H and O–H groups in total. The number of aliphatic hydroxyl groups is 1. The van der Waals surface area contributed by atoms with Crippen LogP contribution in [0.3, 0.4) is 0 Å². The minimum atomic E-state index is -1.35. The number of rotatable bonds is 14. The van der Waals surface area contributed by atoms with E-state index in [4.69, 9.17) is 4.74 Å². The normalized spacial score (nSPS) is 16.6. The molecule has 0 fully saturated rings. The third-order valence-corrected chi connectivity index (χ3v) is 4.14. The van der Waals surface area contributed by atoms with Gasteiger partial charge in [-0.2, -0.15) is 4.89 Å². The molecule has 0 aliphatic rings. The van der Waals surface area contributed by atoms with Crippen molar-refractivity contribution in [3.05, 3.63) is 0 Å². The van der Waals surface area contributed by atoms with Crippen LogP contribution in [0.2, 0.25) is 0 Å². The second kappa shape index (κ2) is 12.7. The number of hydrogen-bond donors (Lipinski definition) is 1. The summed E-state index contributed by atoms with van der Waals surface area (Å²) >= 11 is 0. The molecule has 5 heteroatoms. The fourth-order valence-electron chi connectivity index (χ4n) is 2.75. The van der Waals surface area contributed by atoms with E-state index in [2.05, 4.69) is 11.8 Å². The third kappa shape index (κ3) is 9.28. The van der Waals surface area contributed by atoms with E-state index in [0.717, 1.165) is 38.5 Å². The van der Waals surface area contributed by atoms with Crippen LogP contribution < -0.4 is 0 Å². The summed E-state index contributed by atoms with van der Waals surface area (Å²) in [6.07, 6.45) is 6.56. The first-order valence-electron chi connectivity index (χ1n) is 9.08. The zero-order chi connectivity index (χ0) is 17.7. The van der Waals surface area contributed by atoms with Crippen LogP contribution in [0.1, 0.15) is 85.5 Å². The summed E-state index contributed by atoms with van der Waals surface area (Å²) in [7, 11) is 0. The highest BCUT2D eigenvalue weighted by Gasteiger charge is 2.42. The Morgan fingerprint density at radius 1 is 1.04 bits per heavy atom. The van der Waals surface area contributed by atoms with Gasteiger partial charge in [-0.3, -0.25) is 0 Å². The van der Waals surface area contributed by atoms with Crippen molar-refractivity contribution in [3.8, 4) is 0 Å². The summed E-state index contributed by atoms with van der Waals surface area (Å²) in [5.74, 6) is -0.496. The van der Waals surface area contributed by atoms with Gasteiger partial charge in [-0.15, -0.1) is 0 Å². The molecule has 0 heterocycles. The summed E-state index contributed by atoms with van der Waals surface area (Å²) in [5.41, 5.74) is -1.35. The monoisotopic (exact) mass is 331 g/mol. The van der Waals surface area contributed by atoms with E-state index in [1.165, 1.54) is 0 Å². The molecule has 0 bridgehead atoms. The average molecular weight is 331 g/mol. The standard InChI is InChI=1S/C18H35O5/c1-5-7-9-10-12-18(23-21,11-8-6-2)17(20)22-14-15(3)13-16(4)19/h15-16,19H,5-14H2,1-4H3. The van der Waals surface area contributed by atoms with E-state index in [1.807, 2.05) is 13.8 Å². The van der Waals surface area contributed by atoms with Gasteiger partial charge in [0.25, 0.3) is 0 Å². The summed E-state index contributed by atoms with van der Waals surface area (Å²) < 4.78 is 5.34. The van der Waals surface area contributed by atoms with E-state index in [1.54, 1.807) is 6.92 Å². The number of carbonyl (C=O) groups is 1. The smallest absolute Gasteiger partial charge is 0.341 e. The molecule has 3 unspecified atom stereocenters. The van der Waals surface area contributed by atoms with E-state index < -0.39 is 17.7 Å². The van der Waals surface area contributed by atoms with E-state index in [9.17, 15) is 15.2 Å². The predicted octanol–water partition coefficient (Wildman–Crippen LogP) is 4.20. The lowest BCUT2D eigenvalue weighted by Gasteiger charge is -2.28. The zero-order valence-corrected chi connectivity index (χ0v) is 15.3. The summed E-state index contributed by atoms with van der Waals surface area (Å²) in [6, 6.07) is 0. The van der Waals surface area contributed by atoms with Crippen molar-refractivity contribution in [3.63, 3.8) is 0 Å². The van der Waals surface area contributed by atoms with Gasteiger partial charge in [0, 0.05) is 0 Å². The lowest BCUT2D eigenvalue weighted by Crippen LogP contribution is -2.42. The molecule has 0 aromatic carbocycles. The average Bonchev–Trinajstić information content (AvgIpc) is 2.51. The molecule has 5 nitrogen and oxygen atoms in total. The molecule has 1 radical (unpaired) electrons. The minimum Gasteiger partial charge on any atom is -0.463 e. The van der Waals surface area contributed by atoms with Gasteiger partial charge >= 0.3 is 5.97 Å². The number of ether oxygens (including phenoxy) is 1. The zero-order valence-electron chi connectivity index (χ0n) is 15.3. The van der Waals surface area contributed by atoms with Gasteiger partial charge in [-0.1, -0.05) is 52.9 Å². The van der Waals surface area contributed by atoms with Gasteiger partial charge < -0.3 is 9.84 Å². The SMILES string of the molecule is CCCCCCC(CCCC)(O[O])C(=O)OCC(C)CC(C)O. The molecule has 0 aromatic heterocycles. The molecule has 0 amide bonds. The molecule has 0 aromatic rings. The van der Waals surface area contributed by atoms with Gasteiger partial charge in [0.05, 0.1) is 12.7 Å². The Hall–Kier alpha value is -0.650. The van der Waals surface area contributed by atoms with E-state index in [0.29, 0.717) is 19.3 Å². The van der Waals surface area contributed by atoms with Crippen molar-refractivity contribution >= 4 is 5.97 Å². The van der Waals surface area contributed by atoms with Crippen LogP contribution in [0, 0.1) is 5.92 Å². The first-order chi connectivity index (χ1) is 10.9. The summed E-state index contributed by atoms with van der Waals surface area (Å²) in [4.78, 5) is 16.9. The fraction of sp³-hybridized carbons (Fsp3) is 0.944. The highest BCUT2D eigenvalue weighted by atomic mass is 17.1. The van der Waals surface area contributed by atoms with Crippen molar-refractivity contribution in [2.75, 3.05) is 6.61 Å². The van der Waals surface area contributed by atoms with Gasteiger partial charge in [-0.05, 0) is 43.8 Å². The van der Waals surface area contributed by atoms with Crippen LogP contribution in [-0.4, -0.2) is 29.4 Å². The largest absolute Gasteiger partial charge is 0.463 e. The maximum atomic E-state index is 12.4. The molecule has 0 spiro atoms. The number of carbonyl (C=O) groups excluding carboxylic acids is 1. The Labute approximate surface area is 141 Å². The molecule has 0 saturated heterocycles. The van der Waals surface area contributed by atoms with Crippen LogP contribution in [0.25, 0.3) is 0 Å². The Kier molecular flexibility index (Phi) is 12.4. The van der Waals surface area contributed by atoms with Crippen LogP contribution >= 0.6 is 0 Å². The molecule has 137 valence electrons. The van der Waals surface area contributed by atoms with Crippen molar-refractivity contribution in [1.82, 2.24) is 0 Å². The molecule has 0 rings (SSSR count). The van der Waals surface area contributed by atoms with E-state index in [-0.39, 0.29) is 12.5 Å². The van der Waals surface area contributed by atoms with E-state index >= 15 is 0 Å². The quantitative estimate of drug-likeness (QED) is 0.224. The Morgan fingerprint density at radius 3 is 2.17 bits per heavy atom. The number of esters is 1. The Bertz CT molecular complexity index is 306. The maximum absolute atomic E-state index is 12.4. The van der Waals surface area contributed by atoms with Gasteiger partial charge in [0.1, 0.15) is 0 Å². The lowest BCUT2D eigenvalue weighted by atomic mass is 9.90.